The molecule has 0 saturated carbocycles. The molecule has 1 rings (SSSR count). The topological polar surface area (TPSA) is 26.0 Å². The third kappa shape index (κ3) is 1.69. The standard InChI is InChI=1S/C9H13NS/c1-6-4-7(2)9(11-3)8(10)5-6/h4-5H,10H2,1-3H3. The van der Waals surface area contributed by atoms with Crippen molar-refractivity contribution in [2.75, 3.05) is 12.0 Å². The quantitative estimate of drug-likeness (QED) is 0.514. The van der Waals surface area contributed by atoms with Gasteiger partial charge >= 0.3 is 0 Å². The van der Waals surface area contributed by atoms with E-state index in [0.29, 0.717) is 0 Å². The number of anilines is 1. The molecule has 0 atom stereocenters. The number of hydrogen-bond acceptors (Lipinski definition) is 2. The van der Waals surface area contributed by atoms with Crippen LogP contribution in [0.15, 0.2) is 17.0 Å². The number of aryl methyl sites for hydroxylation is 2. The van der Waals surface area contributed by atoms with E-state index in [1.165, 1.54) is 16.0 Å². The van der Waals surface area contributed by atoms with Crippen LogP contribution in [0, 0.1) is 13.8 Å². The van der Waals surface area contributed by atoms with E-state index in [2.05, 4.69) is 19.9 Å². The van der Waals surface area contributed by atoms with Gasteiger partial charge in [0.25, 0.3) is 0 Å². The van der Waals surface area contributed by atoms with Crippen molar-refractivity contribution in [2.24, 2.45) is 0 Å². The van der Waals surface area contributed by atoms with Crippen LogP contribution in [0.25, 0.3) is 0 Å². The summed E-state index contributed by atoms with van der Waals surface area (Å²) in [4.78, 5) is 1.20. The summed E-state index contributed by atoms with van der Waals surface area (Å²) in [5.41, 5.74) is 9.22. The summed E-state index contributed by atoms with van der Waals surface area (Å²) < 4.78 is 0. The predicted octanol–water partition coefficient (Wildman–Crippen LogP) is 2.61. The minimum atomic E-state index is 0.898. The summed E-state index contributed by atoms with van der Waals surface area (Å²) in [6.45, 7) is 4.16. The zero-order valence-electron chi connectivity index (χ0n) is 7.14. The van der Waals surface area contributed by atoms with Crippen molar-refractivity contribution in [3.05, 3.63) is 23.3 Å². The molecule has 0 radical (unpaired) electrons. The average molecular weight is 167 g/mol. The van der Waals surface area contributed by atoms with Crippen molar-refractivity contribution < 1.29 is 0 Å². The highest BCUT2D eigenvalue weighted by molar-refractivity contribution is 7.98. The summed E-state index contributed by atoms with van der Waals surface area (Å²) in [7, 11) is 0. The van der Waals surface area contributed by atoms with Crippen LogP contribution in [0.4, 0.5) is 5.69 Å². The zero-order chi connectivity index (χ0) is 8.43. The molecule has 0 heterocycles. The maximum Gasteiger partial charge on any atom is 0.0457 e. The van der Waals surface area contributed by atoms with E-state index in [4.69, 9.17) is 5.73 Å². The maximum atomic E-state index is 5.81. The number of nitrogen functional groups attached to an aromatic ring is 1. The Labute approximate surface area is 72.0 Å². The van der Waals surface area contributed by atoms with Crippen LogP contribution < -0.4 is 5.73 Å². The normalized spacial score (nSPS) is 10.1. The Balaban J connectivity index is 3.25. The average Bonchev–Trinajstić information content (AvgIpc) is 1.85. The molecule has 1 aromatic carbocycles. The monoisotopic (exact) mass is 167 g/mol. The third-order valence-corrected chi connectivity index (χ3v) is 2.62. The van der Waals surface area contributed by atoms with Gasteiger partial charge in [-0.05, 0) is 37.3 Å². The molecule has 11 heavy (non-hydrogen) atoms. The maximum absolute atomic E-state index is 5.81. The van der Waals surface area contributed by atoms with Gasteiger partial charge in [-0.2, -0.15) is 0 Å². The number of nitrogens with two attached hydrogens (primary N) is 1. The minimum Gasteiger partial charge on any atom is -0.398 e. The molecule has 0 bridgehead atoms. The molecule has 0 spiro atoms. The lowest BCUT2D eigenvalue weighted by molar-refractivity contribution is 1.27. The van der Waals surface area contributed by atoms with E-state index in [0.717, 1.165) is 5.69 Å². The van der Waals surface area contributed by atoms with Crippen LogP contribution in [-0.4, -0.2) is 6.26 Å². The van der Waals surface area contributed by atoms with E-state index in [9.17, 15) is 0 Å². The molecule has 0 amide bonds. The molecule has 0 aromatic heterocycles. The fraction of sp³-hybridized carbons (Fsp3) is 0.333. The van der Waals surface area contributed by atoms with Crippen LogP contribution in [0.3, 0.4) is 0 Å². The Hall–Kier alpha value is -0.630. The molecule has 2 heteroatoms. The van der Waals surface area contributed by atoms with E-state index in [1.54, 1.807) is 11.8 Å². The van der Waals surface area contributed by atoms with Crippen LogP contribution in [0.1, 0.15) is 11.1 Å². The van der Waals surface area contributed by atoms with Gasteiger partial charge in [-0.3, -0.25) is 0 Å². The predicted molar refractivity (Wildman–Crippen MR) is 52.1 cm³/mol. The lowest BCUT2D eigenvalue weighted by atomic mass is 10.1. The fourth-order valence-electron chi connectivity index (χ4n) is 1.27. The summed E-state index contributed by atoms with van der Waals surface area (Å²) in [6.07, 6.45) is 2.05. The van der Waals surface area contributed by atoms with Gasteiger partial charge in [0.1, 0.15) is 0 Å². The van der Waals surface area contributed by atoms with Crippen molar-refractivity contribution in [2.45, 2.75) is 18.7 Å². The highest BCUT2D eigenvalue weighted by Gasteiger charge is 2.01. The van der Waals surface area contributed by atoms with Gasteiger partial charge in [-0.25, -0.2) is 0 Å². The number of hydrogen-bond donors (Lipinski definition) is 1. The second-order valence-corrected chi connectivity index (χ2v) is 3.52. The van der Waals surface area contributed by atoms with Crippen LogP contribution in [0.5, 0.6) is 0 Å². The lowest BCUT2D eigenvalue weighted by Crippen LogP contribution is -1.91. The number of benzene rings is 1. The summed E-state index contributed by atoms with van der Waals surface area (Å²) >= 11 is 1.71. The molecule has 2 N–H and O–H groups in total. The lowest BCUT2D eigenvalue weighted by Gasteiger charge is -2.07. The first-order chi connectivity index (χ1) is 5.15. The van der Waals surface area contributed by atoms with E-state index in [-0.39, 0.29) is 0 Å². The molecule has 0 aliphatic heterocycles. The molecule has 0 aliphatic carbocycles. The van der Waals surface area contributed by atoms with Crippen molar-refractivity contribution in [1.29, 1.82) is 0 Å². The summed E-state index contributed by atoms with van der Waals surface area (Å²) in [6, 6.07) is 4.17. The molecule has 60 valence electrons. The van der Waals surface area contributed by atoms with Gasteiger partial charge < -0.3 is 5.73 Å². The molecule has 0 fully saturated rings. The first kappa shape index (κ1) is 8.47. The van der Waals surface area contributed by atoms with E-state index in [1.807, 2.05) is 12.3 Å². The largest absolute Gasteiger partial charge is 0.398 e. The summed E-state index contributed by atoms with van der Waals surface area (Å²) in [5.74, 6) is 0. The highest BCUT2D eigenvalue weighted by atomic mass is 32.2. The first-order valence-electron chi connectivity index (χ1n) is 3.56. The Kier molecular flexibility index (Phi) is 2.45. The van der Waals surface area contributed by atoms with Gasteiger partial charge in [0.05, 0.1) is 0 Å². The molecule has 1 nitrogen and oxygen atoms in total. The summed E-state index contributed by atoms with van der Waals surface area (Å²) in [5, 5.41) is 0. The second-order valence-electron chi connectivity index (χ2n) is 2.70. The van der Waals surface area contributed by atoms with Crippen molar-refractivity contribution >= 4 is 17.4 Å². The smallest absolute Gasteiger partial charge is 0.0457 e. The Morgan fingerprint density at radius 2 is 1.91 bits per heavy atom. The minimum absolute atomic E-state index is 0.898. The fourth-order valence-corrected chi connectivity index (χ4v) is 1.94. The van der Waals surface area contributed by atoms with E-state index < -0.39 is 0 Å². The van der Waals surface area contributed by atoms with Crippen molar-refractivity contribution in [3.63, 3.8) is 0 Å². The van der Waals surface area contributed by atoms with Gasteiger partial charge in [0.2, 0.25) is 0 Å². The zero-order valence-corrected chi connectivity index (χ0v) is 7.96. The van der Waals surface area contributed by atoms with E-state index >= 15 is 0 Å². The third-order valence-electron chi connectivity index (χ3n) is 1.65. The second kappa shape index (κ2) is 3.18. The van der Waals surface area contributed by atoms with Gasteiger partial charge in [-0.1, -0.05) is 6.07 Å². The SMILES string of the molecule is CSc1c(C)cc(C)cc1N. The molecule has 0 unspecified atom stereocenters. The molecule has 0 aliphatic rings. The van der Waals surface area contributed by atoms with Crippen molar-refractivity contribution in [1.82, 2.24) is 0 Å². The van der Waals surface area contributed by atoms with Gasteiger partial charge in [0, 0.05) is 10.6 Å². The first-order valence-corrected chi connectivity index (χ1v) is 4.78. The van der Waals surface area contributed by atoms with Crippen LogP contribution in [0.2, 0.25) is 0 Å². The molecular formula is C9H13NS. The molecular weight excluding hydrogens is 154 g/mol. The number of rotatable bonds is 1. The van der Waals surface area contributed by atoms with Crippen LogP contribution >= 0.6 is 11.8 Å². The molecule has 1 aromatic rings. The van der Waals surface area contributed by atoms with Gasteiger partial charge in [-0.15, -0.1) is 11.8 Å². The highest BCUT2D eigenvalue weighted by Crippen LogP contribution is 2.27. The molecule has 0 saturated heterocycles. The Morgan fingerprint density at radius 3 is 2.36 bits per heavy atom. The van der Waals surface area contributed by atoms with Gasteiger partial charge in [0.15, 0.2) is 0 Å². The Bertz CT molecular complexity index is 245. The number of thioether (sulfide) groups is 1. The Morgan fingerprint density at radius 1 is 1.27 bits per heavy atom. The van der Waals surface area contributed by atoms with Crippen molar-refractivity contribution in [3.8, 4) is 0 Å². The van der Waals surface area contributed by atoms with Crippen LogP contribution in [-0.2, 0) is 0 Å².